The first-order valence-electron chi connectivity index (χ1n) is 3.49. The third-order valence-electron chi connectivity index (χ3n) is 1.17. The normalized spacial score (nSPS) is 10.1. The van der Waals surface area contributed by atoms with Crippen molar-refractivity contribution in [3.05, 3.63) is 0 Å². The van der Waals surface area contributed by atoms with E-state index in [4.69, 9.17) is 0 Å². The highest BCUT2D eigenvalue weighted by atomic mass is 16.1. The molecule has 0 unspecified atom stereocenters. The van der Waals surface area contributed by atoms with Gasteiger partial charge < -0.3 is 10.3 Å². The molecule has 0 aromatic carbocycles. The Kier molecular flexibility index (Phi) is 7.44. The Morgan fingerprint density at radius 1 is 1.50 bits per heavy atom. The minimum absolute atomic E-state index is 0.730. The fourth-order valence-corrected chi connectivity index (χ4v) is 0.651. The molecule has 0 aromatic rings. The van der Waals surface area contributed by atoms with Gasteiger partial charge in [-0.1, -0.05) is 0 Å². The van der Waals surface area contributed by atoms with Crippen LogP contribution in [0, 0.1) is 0 Å². The van der Waals surface area contributed by atoms with E-state index in [1.165, 1.54) is 0 Å². The molecule has 3 nitrogen and oxygen atoms in total. The third kappa shape index (κ3) is 7.14. The summed E-state index contributed by atoms with van der Waals surface area (Å²) in [5.41, 5.74) is 0. The highest BCUT2D eigenvalue weighted by molar-refractivity contribution is 5.56. The van der Waals surface area contributed by atoms with Gasteiger partial charge in [-0.25, -0.2) is 0 Å². The van der Waals surface area contributed by atoms with Crippen LogP contribution in [0.15, 0.2) is 4.99 Å². The number of hydrogen-bond acceptors (Lipinski definition) is 2. The Hall–Kier alpha value is -0.860. The lowest BCUT2D eigenvalue weighted by atomic mass is 10.2. The lowest BCUT2D eigenvalue weighted by molar-refractivity contribution is -0.109. The van der Waals surface area contributed by atoms with Crippen LogP contribution in [0.3, 0.4) is 0 Å². The Morgan fingerprint density at radius 2 is 2.30 bits per heavy atom. The zero-order valence-electron chi connectivity index (χ0n) is 6.34. The number of carbonyl (C=O) groups is 1. The van der Waals surface area contributed by atoms with E-state index in [0.29, 0.717) is 0 Å². The summed E-state index contributed by atoms with van der Waals surface area (Å²) in [6.07, 6.45) is 5.76. The van der Waals surface area contributed by atoms with Crippen LogP contribution in [0.1, 0.15) is 19.3 Å². The van der Waals surface area contributed by atoms with Crippen LogP contribution in [0.5, 0.6) is 0 Å². The van der Waals surface area contributed by atoms with E-state index in [1.807, 2.05) is 6.21 Å². The maximum atomic E-state index is 9.76. The Labute approximate surface area is 61.5 Å². The molecule has 1 amide bonds. The van der Waals surface area contributed by atoms with Gasteiger partial charge in [0, 0.05) is 13.6 Å². The van der Waals surface area contributed by atoms with Crippen LogP contribution in [-0.2, 0) is 4.79 Å². The maximum Gasteiger partial charge on any atom is 0.207 e. The number of nitrogens with zero attached hydrogens (tertiary/aromatic N) is 1. The summed E-state index contributed by atoms with van der Waals surface area (Å²) in [4.78, 5) is 13.6. The van der Waals surface area contributed by atoms with Crippen LogP contribution >= 0.6 is 0 Å². The molecule has 0 atom stereocenters. The summed E-state index contributed by atoms with van der Waals surface area (Å²) in [5.74, 6) is 0. The van der Waals surface area contributed by atoms with Gasteiger partial charge in [-0.15, -0.1) is 0 Å². The largest absolute Gasteiger partial charge is 0.359 e. The van der Waals surface area contributed by atoms with E-state index >= 15 is 0 Å². The number of amides is 1. The third-order valence-corrected chi connectivity index (χ3v) is 1.17. The fraction of sp³-hybridized carbons (Fsp3) is 0.714. The molecular formula is C7H14N2O. The molecular weight excluding hydrogens is 128 g/mol. The van der Waals surface area contributed by atoms with Crippen molar-refractivity contribution in [2.75, 3.05) is 13.6 Å². The molecule has 10 heavy (non-hydrogen) atoms. The second-order valence-corrected chi connectivity index (χ2v) is 2.01. The maximum absolute atomic E-state index is 9.76. The molecule has 0 fully saturated rings. The summed E-state index contributed by atoms with van der Waals surface area (Å²) in [5, 5.41) is 2.60. The molecule has 0 rings (SSSR count). The number of unbranched alkanes of at least 4 members (excludes halogenated alkanes) is 2. The molecule has 0 aromatic heterocycles. The van der Waals surface area contributed by atoms with Crippen LogP contribution in [0.4, 0.5) is 0 Å². The molecule has 0 bridgehead atoms. The smallest absolute Gasteiger partial charge is 0.207 e. The molecule has 3 heteroatoms. The first kappa shape index (κ1) is 9.14. The van der Waals surface area contributed by atoms with E-state index in [-0.39, 0.29) is 0 Å². The van der Waals surface area contributed by atoms with E-state index in [1.54, 1.807) is 7.05 Å². The Balaban J connectivity index is 2.83. The van der Waals surface area contributed by atoms with Gasteiger partial charge in [-0.05, 0) is 25.5 Å². The van der Waals surface area contributed by atoms with Gasteiger partial charge in [0.05, 0.1) is 0 Å². The molecule has 58 valence electrons. The van der Waals surface area contributed by atoms with Crippen LogP contribution in [-0.4, -0.2) is 26.2 Å². The number of hydrogen-bond donors (Lipinski definition) is 1. The number of carbonyl (C=O) groups excluding carboxylic acids is 1. The van der Waals surface area contributed by atoms with Gasteiger partial charge in [0.15, 0.2) is 0 Å². The molecule has 0 radical (unpaired) electrons. The van der Waals surface area contributed by atoms with Crippen molar-refractivity contribution in [1.82, 2.24) is 5.32 Å². The topological polar surface area (TPSA) is 41.5 Å². The van der Waals surface area contributed by atoms with Crippen molar-refractivity contribution in [1.29, 1.82) is 0 Å². The van der Waals surface area contributed by atoms with Gasteiger partial charge >= 0.3 is 0 Å². The molecule has 0 spiro atoms. The second-order valence-electron chi connectivity index (χ2n) is 2.01. The Morgan fingerprint density at radius 3 is 2.90 bits per heavy atom. The fourth-order valence-electron chi connectivity index (χ4n) is 0.651. The zero-order valence-corrected chi connectivity index (χ0v) is 6.34. The first-order chi connectivity index (χ1) is 4.91. The number of aliphatic imine (C=N–C) groups is 1. The highest BCUT2D eigenvalue weighted by Gasteiger charge is 1.83. The molecule has 0 aliphatic heterocycles. The van der Waals surface area contributed by atoms with Crippen molar-refractivity contribution in [2.24, 2.45) is 4.99 Å². The summed E-state index contributed by atoms with van der Waals surface area (Å²) in [7, 11) is 1.77. The van der Waals surface area contributed by atoms with E-state index in [9.17, 15) is 4.79 Å². The van der Waals surface area contributed by atoms with Crippen LogP contribution < -0.4 is 5.32 Å². The minimum atomic E-state index is 0.730. The number of rotatable bonds is 6. The summed E-state index contributed by atoms with van der Waals surface area (Å²) in [6.45, 7) is 0.779. The monoisotopic (exact) mass is 142 g/mol. The predicted molar refractivity (Wildman–Crippen MR) is 42.3 cm³/mol. The van der Waals surface area contributed by atoms with Gasteiger partial charge in [-0.3, -0.25) is 4.79 Å². The van der Waals surface area contributed by atoms with Crippen LogP contribution in [0.25, 0.3) is 0 Å². The molecule has 0 saturated heterocycles. The SMILES string of the molecule is C/N=C\CCCCNC=O. The quantitative estimate of drug-likeness (QED) is 0.329. The molecule has 0 aliphatic rings. The average molecular weight is 142 g/mol. The van der Waals surface area contributed by atoms with Crippen molar-refractivity contribution < 1.29 is 4.79 Å². The molecule has 0 saturated carbocycles. The minimum Gasteiger partial charge on any atom is -0.359 e. The van der Waals surface area contributed by atoms with E-state index in [2.05, 4.69) is 10.3 Å². The van der Waals surface area contributed by atoms with Gasteiger partial charge in [-0.2, -0.15) is 0 Å². The summed E-state index contributed by atoms with van der Waals surface area (Å²) in [6, 6.07) is 0. The van der Waals surface area contributed by atoms with Crippen molar-refractivity contribution in [2.45, 2.75) is 19.3 Å². The lowest BCUT2D eigenvalue weighted by Gasteiger charge is -1.94. The lowest BCUT2D eigenvalue weighted by Crippen LogP contribution is -2.11. The van der Waals surface area contributed by atoms with E-state index < -0.39 is 0 Å². The molecule has 0 aliphatic carbocycles. The van der Waals surface area contributed by atoms with Crippen molar-refractivity contribution in [3.63, 3.8) is 0 Å². The van der Waals surface area contributed by atoms with Gasteiger partial charge in [0.2, 0.25) is 6.41 Å². The zero-order chi connectivity index (χ0) is 7.66. The second kappa shape index (κ2) is 8.14. The first-order valence-corrected chi connectivity index (χ1v) is 3.49. The standard InChI is InChI=1S/C7H14N2O/c1-8-5-3-2-4-6-9-7-10/h5,7H,2-4,6H2,1H3,(H,9,10)/b8-5-. The predicted octanol–water partition coefficient (Wildman–Crippen LogP) is 0.603. The van der Waals surface area contributed by atoms with Crippen molar-refractivity contribution in [3.8, 4) is 0 Å². The molecule has 1 N–H and O–H groups in total. The highest BCUT2D eigenvalue weighted by Crippen LogP contribution is 1.89. The molecule has 0 heterocycles. The number of nitrogens with one attached hydrogen (secondary N) is 1. The van der Waals surface area contributed by atoms with E-state index in [0.717, 1.165) is 32.2 Å². The van der Waals surface area contributed by atoms with Crippen molar-refractivity contribution >= 4 is 12.6 Å². The van der Waals surface area contributed by atoms with Gasteiger partial charge in [0.1, 0.15) is 0 Å². The summed E-state index contributed by atoms with van der Waals surface area (Å²) >= 11 is 0. The van der Waals surface area contributed by atoms with Gasteiger partial charge in [0.25, 0.3) is 0 Å². The Bertz CT molecular complexity index is 102. The average Bonchev–Trinajstić information content (AvgIpc) is 1.97. The summed E-state index contributed by atoms with van der Waals surface area (Å²) < 4.78 is 0. The van der Waals surface area contributed by atoms with Crippen LogP contribution in [0.2, 0.25) is 0 Å².